The standard InChI is InChI=1S/C12H17N3O5/c1-7(16)13-4-3-9(17)10(18)8-5-14-11(15-6-8)12(19)20-2/h5-6,9-10,17-18H,3-4H2,1-2H3,(H,13,16). The molecule has 0 bridgehead atoms. The Morgan fingerprint density at radius 2 is 1.95 bits per heavy atom. The molecule has 0 aliphatic heterocycles. The van der Waals surface area contributed by atoms with Crippen molar-refractivity contribution in [2.75, 3.05) is 13.7 Å². The zero-order valence-corrected chi connectivity index (χ0v) is 11.2. The molecule has 0 aliphatic rings. The van der Waals surface area contributed by atoms with Crippen molar-refractivity contribution >= 4 is 11.9 Å². The van der Waals surface area contributed by atoms with Crippen molar-refractivity contribution < 1.29 is 24.5 Å². The maximum absolute atomic E-state index is 11.1. The van der Waals surface area contributed by atoms with Crippen molar-refractivity contribution in [1.29, 1.82) is 0 Å². The number of aromatic nitrogens is 2. The molecule has 1 heterocycles. The second-order valence-corrected chi connectivity index (χ2v) is 4.12. The van der Waals surface area contributed by atoms with Crippen LogP contribution in [0.3, 0.4) is 0 Å². The smallest absolute Gasteiger partial charge is 0.376 e. The summed E-state index contributed by atoms with van der Waals surface area (Å²) in [6, 6.07) is 0. The minimum Gasteiger partial charge on any atom is -0.463 e. The molecule has 0 saturated carbocycles. The van der Waals surface area contributed by atoms with Gasteiger partial charge in [0.2, 0.25) is 11.7 Å². The number of aliphatic hydroxyl groups excluding tert-OH is 2. The molecule has 2 unspecified atom stereocenters. The minimum absolute atomic E-state index is 0.129. The molecular formula is C12H17N3O5. The first-order valence-corrected chi connectivity index (χ1v) is 5.96. The van der Waals surface area contributed by atoms with Crippen LogP contribution < -0.4 is 5.32 Å². The summed E-state index contributed by atoms with van der Waals surface area (Å²) < 4.78 is 4.44. The summed E-state index contributed by atoms with van der Waals surface area (Å²) in [4.78, 5) is 29.3. The fourth-order valence-electron chi connectivity index (χ4n) is 1.46. The summed E-state index contributed by atoms with van der Waals surface area (Å²) >= 11 is 0. The van der Waals surface area contributed by atoms with Gasteiger partial charge in [-0.1, -0.05) is 0 Å². The number of carbonyl (C=O) groups is 2. The molecule has 1 rings (SSSR count). The minimum atomic E-state index is -1.20. The molecule has 2 atom stereocenters. The number of hydrogen-bond donors (Lipinski definition) is 3. The third-order valence-corrected chi connectivity index (χ3v) is 2.56. The molecule has 1 amide bonds. The van der Waals surface area contributed by atoms with Crippen molar-refractivity contribution in [3.8, 4) is 0 Å². The van der Waals surface area contributed by atoms with E-state index in [1.54, 1.807) is 0 Å². The molecule has 1 aromatic heterocycles. The first-order valence-electron chi connectivity index (χ1n) is 5.96. The van der Waals surface area contributed by atoms with Gasteiger partial charge in [0.05, 0.1) is 13.2 Å². The highest BCUT2D eigenvalue weighted by molar-refractivity contribution is 5.84. The number of esters is 1. The van der Waals surface area contributed by atoms with Crippen molar-refractivity contribution in [3.63, 3.8) is 0 Å². The second-order valence-electron chi connectivity index (χ2n) is 4.12. The van der Waals surface area contributed by atoms with E-state index in [0.29, 0.717) is 0 Å². The molecule has 8 heteroatoms. The van der Waals surface area contributed by atoms with Gasteiger partial charge >= 0.3 is 5.97 Å². The first-order chi connectivity index (χ1) is 9.45. The number of nitrogens with zero attached hydrogens (tertiary/aromatic N) is 2. The van der Waals surface area contributed by atoms with Crippen molar-refractivity contribution in [2.24, 2.45) is 0 Å². The molecule has 20 heavy (non-hydrogen) atoms. The number of ether oxygens (including phenoxy) is 1. The largest absolute Gasteiger partial charge is 0.463 e. The number of aliphatic hydroxyl groups is 2. The summed E-state index contributed by atoms with van der Waals surface area (Å²) in [6.07, 6.45) is 0.390. The summed E-state index contributed by atoms with van der Waals surface area (Å²) in [5.41, 5.74) is 0.271. The van der Waals surface area contributed by atoms with Gasteiger partial charge in [-0.3, -0.25) is 4.79 Å². The maximum Gasteiger partial charge on any atom is 0.376 e. The summed E-state index contributed by atoms with van der Waals surface area (Å²) in [7, 11) is 1.21. The zero-order valence-electron chi connectivity index (χ0n) is 11.2. The van der Waals surface area contributed by atoms with Crippen molar-refractivity contribution in [2.45, 2.75) is 25.6 Å². The van der Waals surface area contributed by atoms with E-state index >= 15 is 0 Å². The van der Waals surface area contributed by atoms with Gasteiger partial charge in [-0.15, -0.1) is 0 Å². The Bertz CT molecular complexity index is 463. The highest BCUT2D eigenvalue weighted by Gasteiger charge is 2.20. The Kier molecular flexibility index (Phi) is 6.01. The number of rotatable bonds is 6. The number of methoxy groups -OCH3 is 1. The molecule has 0 aromatic carbocycles. The van der Waals surface area contributed by atoms with E-state index in [-0.39, 0.29) is 30.3 Å². The average molecular weight is 283 g/mol. The van der Waals surface area contributed by atoms with Gasteiger partial charge < -0.3 is 20.3 Å². The third-order valence-electron chi connectivity index (χ3n) is 2.56. The molecule has 0 aliphatic carbocycles. The molecule has 8 nitrogen and oxygen atoms in total. The van der Waals surface area contributed by atoms with Gasteiger partial charge in [0, 0.05) is 31.4 Å². The van der Waals surface area contributed by atoms with Crippen molar-refractivity contribution in [1.82, 2.24) is 15.3 Å². The number of carbonyl (C=O) groups excluding carboxylic acids is 2. The van der Waals surface area contributed by atoms with E-state index in [2.05, 4.69) is 20.0 Å². The topological polar surface area (TPSA) is 122 Å². The Morgan fingerprint density at radius 3 is 2.45 bits per heavy atom. The summed E-state index contributed by atoms with van der Waals surface area (Å²) in [5.74, 6) is -1.02. The van der Waals surface area contributed by atoms with E-state index in [0.717, 1.165) is 0 Å². The zero-order chi connectivity index (χ0) is 15.1. The normalized spacial score (nSPS) is 13.4. The number of nitrogens with one attached hydrogen (secondary N) is 1. The molecule has 0 fully saturated rings. The Balaban J connectivity index is 2.60. The van der Waals surface area contributed by atoms with Gasteiger partial charge in [0.15, 0.2) is 0 Å². The van der Waals surface area contributed by atoms with E-state index in [4.69, 9.17) is 0 Å². The van der Waals surface area contributed by atoms with Crippen molar-refractivity contribution in [3.05, 3.63) is 23.8 Å². The monoisotopic (exact) mass is 283 g/mol. The van der Waals surface area contributed by atoms with Crippen LogP contribution in [0.1, 0.15) is 35.6 Å². The van der Waals surface area contributed by atoms with Crippen LogP contribution in [-0.2, 0) is 9.53 Å². The van der Waals surface area contributed by atoms with Crippen LogP contribution in [0.4, 0.5) is 0 Å². The van der Waals surface area contributed by atoms with Gasteiger partial charge in [-0.05, 0) is 6.42 Å². The van der Waals surface area contributed by atoms with E-state index in [1.807, 2.05) is 0 Å². The molecule has 0 saturated heterocycles. The fourth-order valence-corrected chi connectivity index (χ4v) is 1.46. The molecule has 0 spiro atoms. The van der Waals surface area contributed by atoms with E-state index in [1.165, 1.54) is 26.4 Å². The fraction of sp³-hybridized carbons (Fsp3) is 0.500. The van der Waals surface area contributed by atoms with Crippen LogP contribution in [0.2, 0.25) is 0 Å². The van der Waals surface area contributed by atoms with Crippen LogP contribution in [0.5, 0.6) is 0 Å². The van der Waals surface area contributed by atoms with Crippen LogP contribution in [-0.4, -0.2) is 51.8 Å². The molecule has 3 N–H and O–H groups in total. The Hall–Kier alpha value is -2.06. The maximum atomic E-state index is 11.1. The van der Waals surface area contributed by atoms with Crippen LogP contribution in [0, 0.1) is 0 Å². The predicted molar refractivity (Wildman–Crippen MR) is 67.6 cm³/mol. The van der Waals surface area contributed by atoms with Gasteiger partial charge in [-0.2, -0.15) is 0 Å². The number of amides is 1. The lowest BCUT2D eigenvalue weighted by molar-refractivity contribution is -0.119. The van der Waals surface area contributed by atoms with Crippen LogP contribution in [0.25, 0.3) is 0 Å². The molecule has 1 aromatic rings. The third kappa shape index (κ3) is 4.56. The van der Waals surface area contributed by atoms with Gasteiger partial charge in [-0.25, -0.2) is 14.8 Å². The lowest BCUT2D eigenvalue weighted by Gasteiger charge is -2.17. The highest BCUT2D eigenvalue weighted by Crippen LogP contribution is 2.17. The SMILES string of the molecule is COC(=O)c1ncc(C(O)C(O)CCNC(C)=O)cn1. The van der Waals surface area contributed by atoms with Crippen LogP contribution >= 0.6 is 0 Å². The molecule has 0 radical (unpaired) electrons. The highest BCUT2D eigenvalue weighted by atomic mass is 16.5. The van der Waals surface area contributed by atoms with Crippen LogP contribution in [0.15, 0.2) is 12.4 Å². The van der Waals surface area contributed by atoms with Gasteiger partial charge in [0.25, 0.3) is 0 Å². The lowest BCUT2D eigenvalue weighted by atomic mass is 10.1. The number of hydrogen-bond acceptors (Lipinski definition) is 7. The summed E-state index contributed by atoms with van der Waals surface area (Å²) in [5, 5.41) is 22.2. The first kappa shape index (κ1) is 16.0. The molecular weight excluding hydrogens is 266 g/mol. The average Bonchev–Trinajstić information content (AvgIpc) is 2.45. The van der Waals surface area contributed by atoms with E-state index in [9.17, 15) is 19.8 Å². The summed E-state index contributed by atoms with van der Waals surface area (Å²) in [6.45, 7) is 1.61. The second kappa shape index (κ2) is 7.51. The van der Waals surface area contributed by atoms with Gasteiger partial charge in [0.1, 0.15) is 6.10 Å². The van der Waals surface area contributed by atoms with E-state index < -0.39 is 18.2 Å². The molecule has 110 valence electrons. The Morgan fingerprint density at radius 1 is 1.35 bits per heavy atom. The Labute approximate surface area is 115 Å². The lowest BCUT2D eigenvalue weighted by Crippen LogP contribution is -2.27. The quantitative estimate of drug-likeness (QED) is 0.583. The predicted octanol–water partition coefficient (Wildman–Crippen LogP) is -0.816.